The van der Waals surface area contributed by atoms with Gasteiger partial charge in [-0.25, -0.2) is 0 Å². The minimum atomic E-state index is -0.210. The molecule has 1 aromatic rings. The predicted octanol–water partition coefficient (Wildman–Crippen LogP) is 6.72. The van der Waals surface area contributed by atoms with Crippen molar-refractivity contribution in [3.8, 4) is 0 Å². The molecule has 0 radical (unpaired) electrons. The van der Waals surface area contributed by atoms with Crippen LogP contribution in [0.15, 0.2) is 41.0 Å². The molecular weight excluding hydrogens is 392 g/mol. The summed E-state index contributed by atoms with van der Waals surface area (Å²) in [5.74, 6) is 2.07. The molecule has 0 aromatic heterocycles. The van der Waals surface area contributed by atoms with E-state index in [0.29, 0.717) is 30.1 Å². The molecule has 2 saturated carbocycles. The van der Waals surface area contributed by atoms with Crippen molar-refractivity contribution in [3.05, 3.63) is 57.1 Å². The van der Waals surface area contributed by atoms with Gasteiger partial charge < -0.3 is 5.11 Å². The number of aliphatic hydroxyl groups is 1. The lowest BCUT2D eigenvalue weighted by atomic mass is 9.53. The number of carbonyl (C=O) groups is 1. The summed E-state index contributed by atoms with van der Waals surface area (Å²) in [4.78, 5) is 12.1. The summed E-state index contributed by atoms with van der Waals surface area (Å²) in [7, 11) is 0. The SMILES string of the molecule is CC(C)c1cc(C2CC3(C)C(O)CCC3C3CCC4=CC(=O)CCC4=C23)ccc1Cl. The molecule has 30 heavy (non-hydrogen) atoms. The smallest absolute Gasteiger partial charge is 0.156 e. The van der Waals surface area contributed by atoms with Crippen molar-refractivity contribution < 1.29 is 9.90 Å². The molecule has 2 fully saturated rings. The Balaban J connectivity index is 1.69. The fraction of sp³-hybridized carbons (Fsp3) is 0.593. The lowest BCUT2D eigenvalue weighted by Crippen LogP contribution is -2.45. The van der Waals surface area contributed by atoms with Gasteiger partial charge in [0, 0.05) is 17.4 Å². The minimum absolute atomic E-state index is 0.0251. The number of fused-ring (bicyclic) bond motifs is 4. The quantitative estimate of drug-likeness (QED) is 0.571. The number of hydrogen-bond acceptors (Lipinski definition) is 2. The van der Waals surface area contributed by atoms with Crippen LogP contribution in [0.4, 0.5) is 0 Å². The van der Waals surface area contributed by atoms with Gasteiger partial charge in [-0.3, -0.25) is 4.79 Å². The monoisotopic (exact) mass is 424 g/mol. The maximum atomic E-state index is 12.1. The lowest BCUT2D eigenvalue weighted by molar-refractivity contribution is -0.114. The van der Waals surface area contributed by atoms with Gasteiger partial charge in [-0.2, -0.15) is 0 Å². The molecule has 0 bridgehead atoms. The van der Waals surface area contributed by atoms with Crippen molar-refractivity contribution in [2.24, 2.45) is 17.3 Å². The molecule has 3 heteroatoms. The van der Waals surface area contributed by atoms with E-state index < -0.39 is 0 Å². The van der Waals surface area contributed by atoms with Crippen LogP contribution in [0.2, 0.25) is 5.02 Å². The van der Waals surface area contributed by atoms with Crippen molar-refractivity contribution in [1.82, 2.24) is 0 Å². The first kappa shape index (κ1) is 20.5. The number of ketones is 1. The van der Waals surface area contributed by atoms with E-state index in [1.54, 1.807) is 5.57 Å². The maximum Gasteiger partial charge on any atom is 0.156 e. The van der Waals surface area contributed by atoms with Crippen LogP contribution < -0.4 is 0 Å². The molecular formula is C27H33ClO2. The Bertz CT molecular complexity index is 956. The molecule has 0 saturated heterocycles. The van der Waals surface area contributed by atoms with Gasteiger partial charge in [0.2, 0.25) is 0 Å². The summed E-state index contributed by atoms with van der Waals surface area (Å²) < 4.78 is 0. The van der Waals surface area contributed by atoms with Gasteiger partial charge in [-0.15, -0.1) is 0 Å². The Morgan fingerprint density at radius 3 is 2.70 bits per heavy atom. The molecule has 1 N–H and O–H groups in total. The van der Waals surface area contributed by atoms with Crippen LogP contribution in [-0.2, 0) is 4.79 Å². The van der Waals surface area contributed by atoms with E-state index in [9.17, 15) is 9.90 Å². The fourth-order valence-corrected chi connectivity index (χ4v) is 7.49. The molecule has 160 valence electrons. The second kappa shape index (κ2) is 7.35. The summed E-state index contributed by atoms with van der Waals surface area (Å²) >= 11 is 6.54. The highest BCUT2D eigenvalue weighted by molar-refractivity contribution is 6.31. The molecule has 2 nitrogen and oxygen atoms in total. The van der Waals surface area contributed by atoms with Crippen LogP contribution in [0.25, 0.3) is 0 Å². The standard InChI is InChI=1S/C27H33ClO2/c1-15(2)21-13-17(5-10-24(21)28)22-14-27(3)23(9-11-25(27)30)20-7-4-16-12-18(29)6-8-19(16)26(20)22/h5,10,12-13,15,20,22-23,25,30H,4,6-9,11,14H2,1-3H3. The van der Waals surface area contributed by atoms with Crippen LogP contribution in [0, 0.1) is 17.3 Å². The highest BCUT2D eigenvalue weighted by Gasteiger charge is 2.56. The Morgan fingerprint density at radius 2 is 1.93 bits per heavy atom. The Hall–Kier alpha value is -1.38. The van der Waals surface area contributed by atoms with Crippen molar-refractivity contribution in [2.45, 2.75) is 83.7 Å². The van der Waals surface area contributed by atoms with Gasteiger partial charge in [0.1, 0.15) is 0 Å². The second-order valence-electron chi connectivity index (χ2n) is 10.6. The van der Waals surface area contributed by atoms with Crippen LogP contribution in [0.3, 0.4) is 0 Å². The summed E-state index contributed by atoms with van der Waals surface area (Å²) in [6.45, 7) is 6.73. The first-order chi connectivity index (χ1) is 14.3. The van der Waals surface area contributed by atoms with Gasteiger partial charge in [0.25, 0.3) is 0 Å². The fourth-order valence-electron chi connectivity index (χ4n) is 7.15. The molecule has 1 aromatic carbocycles. The van der Waals surface area contributed by atoms with E-state index in [4.69, 9.17) is 11.6 Å². The number of allylic oxidation sites excluding steroid dienone is 4. The molecule has 4 aliphatic carbocycles. The largest absolute Gasteiger partial charge is 0.393 e. The van der Waals surface area contributed by atoms with E-state index >= 15 is 0 Å². The van der Waals surface area contributed by atoms with E-state index in [-0.39, 0.29) is 17.3 Å². The third kappa shape index (κ3) is 3.06. The third-order valence-electron chi connectivity index (χ3n) is 8.73. The Morgan fingerprint density at radius 1 is 1.13 bits per heavy atom. The average Bonchev–Trinajstić information content (AvgIpc) is 3.01. The predicted molar refractivity (Wildman–Crippen MR) is 122 cm³/mol. The zero-order valence-corrected chi connectivity index (χ0v) is 19.1. The van der Waals surface area contributed by atoms with E-state index in [1.807, 2.05) is 6.08 Å². The first-order valence-corrected chi connectivity index (χ1v) is 12.1. The third-order valence-corrected chi connectivity index (χ3v) is 9.07. The van der Waals surface area contributed by atoms with Crippen molar-refractivity contribution in [1.29, 1.82) is 0 Å². The van der Waals surface area contributed by atoms with Gasteiger partial charge in [-0.05, 0) is 96.1 Å². The minimum Gasteiger partial charge on any atom is -0.393 e. The number of halogens is 1. The van der Waals surface area contributed by atoms with Crippen molar-refractivity contribution >= 4 is 17.4 Å². The van der Waals surface area contributed by atoms with Crippen molar-refractivity contribution in [2.75, 3.05) is 0 Å². The van der Waals surface area contributed by atoms with Gasteiger partial charge in [0.05, 0.1) is 6.10 Å². The number of rotatable bonds is 2. The molecule has 5 unspecified atom stereocenters. The van der Waals surface area contributed by atoms with Crippen LogP contribution in [-0.4, -0.2) is 17.0 Å². The summed E-state index contributed by atoms with van der Waals surface area (Å²) in [5.41, 5.74) is 6.88. The van der Waals surface area contributed by atoms with Gasteiger partial charge in [-0.1, -0.05) is 50.1 Å². The number of benzene rings is 1. The molecule has 0 spiro atoms. The summed E-state index contributed by atoms with van der Waals surface area (Å²) in [6, 6.07) is 6.59. The van der Waals surface area contributed by atoms with Crippen LogP contribution in [0.1, 0.15) is 88.7 Å². The number of carbonyl (C=O) groups excluding carboxylic acids is 1. The van der Waals surface area contributed by atoms with Gasteiger partial charge >= 0.3 is 0 Å². The Kier molecular flexibility index (Phi) is 5.02. The highest BCUT2D eigenvalue weighted by atomic mass is 35.5. The Labute approximate surface area is 185 Å². The van der Waals surface area contributed by atoms with Gasteiger partial charge in [0.15, 0.2) is 5.78 Å². The lowest BCUT2D eigenvalue weighted by Gasteiger charge is -2.52. The molecule has 5 atom stereocenters. The van der Waals surface area contributed by atoms with E-state index in [2.05, 4.69) is 39.0 Å². The maximum absolute atomic E-state index is 12.1. The zero-order valence-electron chi connectivity index (χ0n) is 18.4. The van der Waals surface area contributed by atoms with E-state index in [0.717, 1.165) is 43.5 Å². The average molecular weight is 425 g/mol. The second-order valence-corrected chi connectivity index (χ2v) is 11.0. The topological polar surface area (TPSA) is 37.3 Å². The molecule has 5 rings (SSSR count). The first-order valence-electron chi connectivity index (χ1n) is 11.7. The number of aliphatic hydroxyl groups excluding tert-OH is 1. The van der Waals surface area contributed by atoms with Crippen LogP contribution in [0.5, 0.6) is 0 Å². The normalized spacial score (nSPS) is 35.8. The number of hydrogen-bond donors (Lipinski definition) is 1. The summed E-state index contributed by atoms with van der Waals surface area (Å²) in [6.07, 6.45) is 8.43. The molecule has 0 heterocycles. The molecule has 4 aliphatic rings. The molecule has 0 amide bonds. The van der Waals surface area contributed by atoms with E-state index in [1.165, 1.54) is 22.3 Å². The summed E-state index contributed by atoms with van der Waals surface area (Å²) in [5, 5.41) is 11.8. The van der Waals surface area contributed by atoms with Crippen molar-refractivity contribution in [3.63, 3.8) is 0 Å². The molecule has 0 aliphatic heterocycles. The van der Waals surface area contributed by atoms with Crippen LogP contribution >= 0.6 is 11.6 Å². The highest BCUT2D eigenvalue weighted by Crippen LogP contribution is 2.63. The zero-order chi connectivity index (χ0) is 21.2.